The lowest BCUT2D eigenvalue weighted by atomic mass is 10.1. The molecule has 1 aromatic carbocycles. The summed E-state index contributed by atoms with van der Waals surface area (Å²) in [5.41, 5.74) is 1.13. The Hall–Kier alpha value is -1.33. The van der Waals surface area contributed by atoms with Crippen LogP contribution in [0.5, 0.6) is 0 Å². The lowest BCUT2D eigenvalue weighted by molar-refractivity contribution is 0.0217. The van der Waals surface area contributed by atoms with E-state index in [1.807, 2.05) is 43.3 Å². The maximum absolute atomic E-state index is 9.88. The summed E-state index contributed by atoms with van der Waals surface area (Å²) in [6, 6.07) is 11.5. The molecule has 0 bridgehead atoms. The average Bonchev–Trinajstić information content (AvgIpc) is 2.99. The second kappa shape index (κ2) is 8.20. The lowest BCUT2D eigenvalue weighted by Crippen LogP contribution is -2.32. The molecular formula is C16H20ClNO3. The minimum absolute atomic E-state index is 0.141. The van der Waals surface area contributed by atoms with Crippen molar-refractivity contribution in [1.29, 1.82) is 0 Å². The summed E-state index contributed by atoms with van der Waals surface area (Å²) < 4.78 is 10.5. The summed E-state index contributed by atoms with van der Waals surface area (Å²) in [5, 5.41) is 13.9. The molecule has 114 valence electrons. The van der Waals surface area contributed by atoms with Crippen molar-refractivity contribution < 1.29 is 14.3 Å². The van der Waals surface area contributed by atoms with Crippen LogP contribution in [0.4, 0.5) is 0 Å². The van der Waals surface area contributed by atoms with Crippen molar-refractivity contribution in [2.45, 2.75) is 25.7 Å². The molecule has 2 rings (SSSR count). The lowest BCUT2D eigenvalue weighted by Gasteiger charge is -2.17. The van der Waals surface area contributed by atoms with Crippen molar-refractivity contribution in [1.82, 2.24) is 5.32 Å². The fourth-order valence-electron chi connectivity index (χ4n) is 1.93. The zero-order valence-electron chi connectivity index (χ0n) is 12.0. The average molecular weight is 310 g/mol. The molecular weight excluding hydrogens is 290 g/mol. The summed E-state index contributed by atoms with van der Waals surface area (Å²) in [7, 11) is 0. The maximum atomic E-state index is 9.88. The molecule has 0 amide bonds. The molecule has 21 heavy (non-hydrogen) atoms. The van der Waals surface area contributed by atoms with Crippen molar-refractivity contribution in [2.75, 3.05) is 13.2 Å². The van der Waals surface area contributed by atoms with Gasteiger partial charge in [0.2, 0.25) is 0 Å². The van der Waals surface area contributed by atoms with E-state index in [0.717, 1.165) is 16.3 Å². The first kappa shape index (κ1) is 16.0. The molecule has 2 aromatic rings. The fraction of sp³-hybridized carbons (Fsp3) is 0.375. The topological polar surface area (TPSA) is 54.6 Å². The predicted octanol–water partition coefficient (Wildman–Crippen LogP) is 3.16. The molecule has 4 nitrogen and oxygen atoms in total. The van der Waals surface area contributed by atoms with Crippen LogP contribution in [0.15, 0.2) is 47.1 Å². The first-order valence-electron chi connectivity index (χ1n) is 6.92. The van der Waals surface area contributed by atoms with Gasteiger partial charge in [-0.05, 0) is 36.8 Å². The fourth-order valence-corrected chi connectivity index (χ4v) is 2.06. The summed E-state index contributed by atoms with van der Waals surface area (Å²) >= 11 is 5.86. The molecule has 0 radical (unpaired) electrons. The Morgan fingerprint density at radius 3 is 2.71 bits per heavy atom. The van der Waals surface area contributed by atoms with Crippen molar-refractivity contribution in [3.63, 3.8) is 0 Å². The number of hydrogen-bond acceptors (Lipinski definition) is 4. The van der Waals surface area contributed by atoms with Crippen LogP contribution < -0.4 is 5.32 Å². The molecule has 0 aliphatic rings. The zero-order valence-corrected chi connectivity index (χ0v) is 12.7. The number of rotatable bonds is 8. The third kappa shape index (κ3) is 5.52. The van der Waals surface area contributed by atoms with Gasteiger partial charge in [0.05, 0.1) is 19.0 Å². The van der Waals surface area contributed by atoms with Crippen LogP contribution in [0.25, 0.3) is 0 Å². The van der Waals surface area contributed by atoms with Gasteiger partial charge in [-0.1, -0.05) is 23.7 Å². The van der Waals surface area contributed by atoms with E-state index in [1.54, 1.807) is 6.26 Å². The van der Waals surface area contributed by atoms with Crippen LogP contribution in [0.1, 0.15) is 24.3 Å². The van der Waals surface area contributed by atoms with E-state index < -0.39 is 6.10 Å². The van der Waals surface area contributed by atoms with E-state index in [4.69, 9.17) is 20.8 Å². The van der Waals surface area contributed by atoms with Crippen molar-refractivity contribution in [3.8, 4) is 0 Å². The van der Waals surface area contributed by atoms with Gasteiger partial charge in [0.15, 0.2) is 0 Å². The molecule has 1 aromatic heterocycles. The van der Waals surface area contributed by atoms with Gasteiger partial charge in [0.1, 0.15) is 12.4 Å². The monoisotopic (exact) mass is 309 g/mol. The first-order chi connectivity index (χ1) is 10.1. The number of furan rings is 1. The Morgan fingerprint density at radius 1 is 1.29 bits per heavy atom. The number of halogens is 1. The highest BCUT2D eigenvalue weighted by Gasteiger charge is 2.09. The minimum atomic E-state index is -0.560. The Bertz CT molecular complexity index is 513. The van der Waals surface area contributed by atoms with Crippen LogP contribution in [0.2, 0.25) is 5.02 Å². The minimum Gasteiger partial charge on any atom is -0.467 e. The molecule has 0 aliphatic heterocycles. The second-order valence-corrected chi connectivity index (χ2v) is 5.37. The molecule has 0 spiro atoms. The van der Waals surface area contributed by atoms with Crippen molar-refractivity contribution in [3.05, 3.63) is 59.0 Å². The van der Waals surface area contributed by atoms with Crippen LogP contribution in [0.3, 0.4) is 0 Å². The molecule has 0 saturated heterocycles. The molecule has 0 aliphatic carbocycles. The number of aliphatic hydroxyl groups is 1. The van der Waals surface area contributed by atoms with E-state index in [9.17, 15) is 5.11 Å². The summed E-state index contributed by atoms with van der Waals surface area (Å²) in [6.45, 7) is 3.14. The SMILES string of the molecule is CC(NCC(O)COCc1ccco1)c1ccc(Cl)cc1. The summed E-state index contributed by atoms with van der Waals surface area (Å²) in [5.74, 6) is 0.754. The van der Waals surface area contributed by atoms with Crippen molar-refractivity contribution in [2.24, 2.45) is 0 Å². The number of benzene rings is 1. The Balaban J connectivity index is 1.66. The molecule has 0 saturated carbocycles. The van der Waals surface area contributed by atoms with E-state index in [-0.39, 0.29) is 12.6 Å². The molecule has 0 fully saturated rings. The molecule has 1 heterocycles. The van der Waals surface area contributed by atoms with E-state index in [0.29, 0.717) is 13.2 Å². The van der Waals surface area contributed by atoms with Gasteiger partial charge in [-0.3, -0.25) is 0 Å². The van der Waals surface area contributed by atoms with Gasteiger partial charge >= 0.3 is 0 Å². The number of ether oxygens (including phenoxy) is 1. The molecule has 5 heteroatoms. The molecule has 2 atom stereocenters. The second-order valence-electron chi connectivity index (χ2n) is 4.93. The van der Waals surface area contributed by atoms with Crippen LogP contribution in [0, 0.1) is 0 Å². The van der Waals surface area contributed by atoms with Crippen molar-refractivity contribution >= 4 is 11.6 Å². The molecule has 2 N–H and O–H groups in total. The Kier molecular flexibility index (Phi) is 6.26. The van der Waals surface area contributed by atoms with Crippen LogP contribution >= 0.6 is 11.6 Å². The van der Waals surface area contributed by atoms with Crippen LogP contribution in [-0.4, -0.2) is 24.4 Å². The van der Waals surface area contributed by atoms with Gasteiger partial charge in [-0.25, -0.2) is 0 Å². The predicted molar refractivity (Wildman–Crippen MR) is 82.2 cm³/mol. The highest BCUT2D eigenvalue weighted by Crippen LogP contribution is 2.15. The third-order valence-corrected chi connectivity index (χ3v) is 3.42. The number of nitrogens with one attached hydrogen (secondary N) is 1. The smallest absolute Gasteiger partial charge is 0.129 e. The summed E-state index contributed by atoms with van der Waals surface area (Å²) in [6.07, 6.45) is 1.04. The number of aliphatic hydroxyl groups excluding tert-OH is 1. The zero-order chi connectivity index (χ0) is 15.1. The standard InChI is InChI=1S/C16H20ClNO3/c1-12(13-4-6-14(17)7-5-13)18-9-15(19)10-20-11-16-3-2-8-21-16/h2-8,12,15,18-19H,9-11H2,1H3. The van der Waals surface area contributed by atoms with Gasteiger partial charge in [-0.15, -0.1) is 0 Å². The van der Waals surface area contributed by atoms with E-state index >= 15 is 0 Å². The van der Waals surface area contributed by atoms with E-state index in [2.05, 4.69) is 5.32 Å². The van der Waals surface area contributed by atoms with Gasteiger partial charge < -0.3 is 19.6 Å². The maximum Gasteiger partial charge on any atom is 0.129 e. The molecule has 2 unspecified atom stereocenters. The highest BCUT2D eigenvalue weighted by atomic mass is 35.5. The van der Waals surface area contributed by atoms with E-state index in [1.165, 1.54) is 0 Å². The number of hydrogen-bond donors (Lipinski definition) is 2. The van der Waals surface area contributed by atoms with Gasteiger partial charge in [0.25, 0.3) is 0 Å². The Labute approximate surface area is 129 Å². The summed E-state index contributed by atoms with van der Waals surface area (Å²) in [4.78, 5) is 0. The van der Waals surface area contributed by atoms with Gasteiger partial charge in [-0.2, -0.15) is 0 Å². The quantitative estimate of drug-likeness (QED) is 0.786. The highest BCUT2D eigenvalue weighted by molar-refractivity contribution is 6.30. The van der Waals surface area contributed by atoms with Crippen LogP contribution in [-0.2, 0) is 11.3 Å². The first-order valence-corrected chi connectivity index (χ1v) is 7.30. The third-order valence-electron chi connectivity index (χ3n) is 3.16. The normalized spacial score (nSPS) is 14.0. The van der Waals surface area contributed by atoms with Gasteiger partial charge in [0, 0.05) is 17.6 Å². The largest absolute Gasteiger partial charge is 0.467 e. The Morgan fingerprint density at radius 2 is 2.05 bits per heavy atom.